The average Bonchev–Trinajstić information content (AvgIpc) is 3.03. The first kappa shape index (κ1) is 15.8. The highest BCUT2D eigenvalue weighted by Crippen LogP contribution is 2.30. The number of benzene rings is 1. The molecule has 0 N–H and O–H groups in total. The predicted octanol–water partition coefficient (Wildman–Crippen LogP) is 3.52. The number of nitrogens with zero attached hydrogens (tertiary/aromatic N) is 5. The van der Waals surface area contributed by atoms with E-state index in [1.807, 2.05) is 19.9 Å². The van der Waals surface area contributed by atoms with Crippen molar-refractivity contribution in [3.8, 4) is 17.3 Å². The molecule has 0 unspecified atom stereocenters. The van der Waals surface area contributed by atoms with E-state index in [0.717, 1.165) is 16.8 Å². The fourth-order valence-corrected chi connectivity index (χ4v) is 2.61. The van der Waals surface area contributed by atoms with Gasteiger partial charge in [0.25, 0.3) is 0 Å². The molecule has 0 aliphatic rings. The van der Waals surface area contributed by atoms with Gasteiger partial charge >= 0.3 is 0 Å². The number of aromatic nitrogens is 4. The lowest BCUT2D eigenvalue weighted by atomic mass is 9.94. The summed E-state index contributed by atoms with van der Waals surface area (Å²) >= 11 is 0. The van der Waals surface area contributed by atoms with Crippen molar-refractivity contribution in [3.63, 3.8) is 0 Å². The molecule has 0 radical (unpaired) electrons. The van der Waals surface area contributed by atoms with Crippen LogP contribution in [0.2, 0.25) is 0 Å². The Kier molecular flexibility index (Phi) is 4.34. The van der Waals surface area contributed by atoms with Gasteiger partial charge in [-0.15, -0.1) is 0 Å². The van der Waals surface area contributed by atoms with Crippen LogP contribution in [0.25, 0.3) is 11.3 Å². The number of hydrogen-bond donors (Lipinski definition) is 0. The van der Waals surface area contributed by atoms with E-state index >= 15 is 0 Å². The third-order valence-electron chi connectivity index (χ3n) is 3.74. The number of nitriles is 1. The Morgan fingerprint density at radius 2 is 2.00 bits per heavy atom. The Balaban J connectivity index is 2.05. The molecule has 3 aromatic rings. The topological polar surface area (TPSA) is 67.4 Å². The zero-order valence-corrected chi connectivity index (χ0v) is 13.4. The van der Waals surface area contributed by atoms with E-state index in [0.29, 0.717) is 17.9 Å². The van der Waals surface area contributed by atoms with Gasteiger partial charge in [-0.2, -0.15) is 5.26 Å². The van der Waals surface area contributed by atoms with E-state index in [9.17, 15) is 4.39 Å². The van der Waals surface area contributed by atoms with Crippen molar-refractivity contribution < 1.29 is 4.39 Å². The molecule has 2 aromatic heterocycles. The Hall–Kier alpha value is -3.07. The first-order chi connectivity index (χ1) is 11.6. The zero-order chi connectivity index (χ0) is 17.1. The van der Waals surface area contributed by atoms with Gasteiger partial charge in [-0.25, -0.2) is 9.37 Å². The third kappa shape index (κ3) is 3.15. The number of halogens is 1. The van der Waals surface area contributed by atoms with Crippen LogP contribution >= 0.6 is 0 Å². The number of imidazole rings is 1. The zero-order valence-electron chi connectivity index (χ0n) is 13.4. The summed E-state index contributed by atoms with van der Waals surface area (Å²) in [5.41, 5.74) is 3.57. The Morgan fingerprint density at radius 3 is 2.71 bits per heavy atom. The fraction of sp³-hybridized carbons (Fsp3) is 0.222. The van der Waals surface area contributed by atoms with Crippen molar-refractivity contribution >= 4 is 0 Å². The van der Waals surface area contributed by atoms with Crippen molar-refractivity contribution in [1.29, 1.82) is 5.26 Å². The van der Waals surface area contributed by atoms with Gasteiger partial charge < -0.3 is 4.57 Å². The van der Waals surface area contributed by atoms with Gasteiger partial charge in [0, 0.05) is 24.2 Å². The molecule has 0 atom stereocenters. The van der Waals surface area contributed by atoms with E-state index in [4.69, 9.17) is 5.26 Å². The molecule has 2 heterocycles. The Bertz CT molecular complexity index is 908. The summed E-state index contributed by atoms with van der Waals surface area (Å²) in [6.07, 6.45) is 6.50. The highest BCUT2D eigenvalue weighted by Gasteiger charge is 2.15. The lowest BCUT2D eigenvalue weighted by Gasteiger charge is -2.15. The molecule has 0 saturated carbocycles. The summed E-state index contributed by atoms with van der Waals surface area (Å²) in [6, 6.07) is 6.72. The first-order valence-corrected chi connectivity index (χ1v) is 7.60. The summed E-state index contributed by atoms with van der Waals surface area (Å²) in [5, 5.41) is 8.88. The van der Waals surface area contributed by atoms with Crippen molar-refractivity contribution in [2.24, 2.45) is 0 Å². The highest BCUT2D eigenvalue weighted by molar-refractivity contribution is 5.66. The molecule has 0 spiro atoms. The third-order valence-corrected chi connectivity index (χ3v) is 3.74. The van der Waals surface area contributed by atoms with E-state index in [1.165, 1.54) is 6.07 Å². The van der Waals surface area contributed by atoms with Crippen LogP contribution < -0.4 is 0 Å². The van der Waals surface area contributed by atoms with Crippen molar-refractivity contribution in [2.45, 2.75) is 26.3 Å². The Morgan fingerprint density at radius 1 is 1.21 bits per heavy atom. The molecule has 0 saturated heterocycles. The van der Waals surface area contributed by atoms with Gasteiger partial charge in [-0.1, -0.05) is 13.8 Å². The molecule has 5 nitrogen and oxygen atoms in total. The maximum absolute atomic E-state index is 13.6. The molecule has 0 fully saturated rings. The van der Waals surface area contributed by atoms with E-state index in [2.05, 4.69) is 15.0 Å². The van der Waals surface area contributed by atoms with Gasteiger partial charge in [0.05, 0.1) is 24.3 Å². The summed E-state index contributed by atoms with van der Waals surface area (Å²) in [7, 11) is 0. The second-order valence-electron chi connectivity index (χ2n) is 5.78. The van der Waals surface area contributed by atoms with Crippen molar-refractivity contribution in [3.05, 3.63) is 65.9 Å². The van der Waals surface area contributed by atoms with Crippen LogP contribution in [0.1, 0.15) is 36.7 Å². The smallest absolute Gasteiger partial charge is 0.158 e. The molecular weight excluding hydrogens is 305 g/mol. The SMILES string of the molecule is CC(C)c1cc(F)ccc1-c1nccnc1Cn1cnc(C#N)c1. The molecule has 0 aliphatic heterocycles. The molecule has 0 aliphatic carbocycles. The van der Waals surface area contributed by atoms with Crippen LogP contribution in [0.4, 0.5) is 4.39 Å². The second-order valence-corrected chi connectivity index (χ2v) is 5.78. The van der Waals surface area contributed by atoms with Crippen LogP contribution in [0.3, 0.4) is 0 Å². The minimum atomic E-state index is -0.263. The lowest BCUT2D eigenvalue weighted by molar-refractivity contribution is 0.623. The van der Waals surface area contributed by atoms with Crippen LogP contribution in [-0.2, 0) is 6.54 Å². The van der Waals surface area contributed by atoms with Crippen molar-refractivity contribution in [2.75, 3.05) is 0 Å². The average molecular weight is 321 g/mol. The molecule has 0 amide bonds. The van der Waals surface area contributed by atoms with Crippen LogP contribution in [0.15, 0.2) is 43.1 Å². The van der Waals surface area contributed by atoms with Gasteiger partial charge in [0.1, 0.15) is 11.9 Å². The van der Waals surface area contributed by atoms with Gasteiger partial charge in [-0.05, 0) is 29.7 Å². The molecular formula is C18H16FN5. The quantitative estimate of drug-likeness (QED) is 0.737. The molecule has 6 heteroatoms. The molecule has 1 aromatic carbocycles. The summed E-state index contributed by atoms with van der Waals surface area (Å²) in [5.74, 6) is -0.106. The van der Waals surface area contributed by atoms with Crippen LogP contribution in [-0.4, -0.2) is 19.5 Å². The number of hydrogen-bond acceptors (Lipinski definition) is 4. The minimum Gasteiger partial charge on any atom is -0.330 e. The standard InChI is InChI=1S/C18H16FN5/c1-12(2)16-7-13(19)3-4-15(16)18-17(21-5-6-22-18)10-24-9-14(8-20)23-11-24/h3-7,9,11-12H,10H2,1-2H3. The first-order valence-electron chi connectivity index (χ1n) is 7.60. The largest absolute Gasteiger partial charge is 0.330 e. The monoisotopic (exact) mass is 321 g/mol. The Labute approximate surface area is 139 Å². The normalized spacial score (nSPS) is 10.8. The van der Waals surface area contributed by atoms with Crippen LogP contribution in [0, 0.1) is 17.1 Å². The highest BCUT2D eigenvalue weighted by atomic mass is 19.1. The number of rotatable bonds is 4. The predicted molar refractivity (Wildman–Crippen MR) is 87.6 cm³/mol. The van der Waals surface area contributed by atoms with Crippen LogP contribution in [0.5, 0.6) is 0 Å². The summed E-state index contributed by atoms with van der Waals surface area (Å²) in [4.78, 5) is 12.9. The lowest BCUT2D eigenvalue weighted by Crippen LogP contribution is -2.05. The summed E-state index contributed by atoms with van der Waals surface area (Å²) < 4.78 is 15.4. The fourth-order valence-electron chi connectivity index (χ4n) is 2.61. The summed E-state index contributed by atoms with van der Waals surface area (Å²) in [6.45, 7) is 4.47. The van der Waals surface area contributed by atoms with Gasteiger partial charge in [-0.3, -0.25) is 9.97 Å². The molecule has 3 rings (SSSR count). The molecule has 0 bridgehead atoms. The van der Waals surface area contributed by atoms with Gasteiger partial charge in [0.15, 0.2) is 5.69 Å². The van der Waals surface area contributed by atoms with E-state index in [1.54, 1.807) is 41.6 Å². The van der Waals surface area contributed by atoms with E-state index in [-0.39, 0.29) is 11.7 Å². The maximum Gasteiger partial charge on any atom is 0.158 e. The second kappa shape index (κ2) is 6.59. The van der Waals surface area contributed by atoms with E-state index < -0.39 is 0 Å². The van der Waals surface area contributed by atoms with Gasteiger partial charge in [0.2, 0.25) is 0 Å². The maximum atomic E-state index is 13.6. The van der Waals surface area contributed by atoms with Crippen molar-refractivity contribution in [1.82, 2.24) is 19.5 Å². The molecule has 120 valence electrons. The minimum absolute atomic E-state index is 0.156. The molecule has 24 heavy (non-hydrogen) atoms.